The van der Waals surface area contributed by atoms with Crippen LogP contribution in [-0.2, 0) is 6.54 Å². The molecule has 3 aromatic rings. The molecule has 0 saturated carbocycles. The summed E-state index contributed by atoms with van der Waals surface area (Å²) in [7, 11) is 0. The Labute approximate surface area is 112 Å². The number of carbonyl (C=O) groups excluding carboxylic acids is 1. The predicted octanol–water partition coefficient (Wildman–Crippen LogP) is 0.841. The molecule has 0 spiro atoms. The summed E-state index contributed by atoms with van der Waals surface area (Å²) < 4.78 is 4.88. The van der Waals surface area contributed by atoms with Gasteiger partial charge in [-0.25, -0.2) is 5.10 Å². The van der Waals surface area contributed by atoms with E-state index in [1.54, 1.807) is 30.3 Å². The van der Waals surface area contributed by atoms with Gasteiger partial charge in [0.1, 0.15) is 0 Å². The van der Waals surface area contributed by atoms with Crippen molar-refractivity contribution in [2.24, 2.45) is 0 Å². The van der Waals surface area contributed by atoms with Crippen molar-refractivity contribution in [3.05, 3.63) is 58.3 Å². The highest BCUT2D eigenvalue weighted by Gasteiger charge is 2.13. The van der Waals surface area contributed by atoms with Crippen molar-refractivity contribution in [3.8, 4) is 0 Å². The summed E-state index contributed by atoms with van der Waals surface area (Å²) in [4.78, 5) is 23.7. The normalized spacial score (nSPS) is 10.6. The molecule has 0 aliphatic heterocycles. The van der Waals surface area contributed by atoms with Crippen molar-refractivity contribution in [2.45, 2.75) is 6.54 Å². The molecule has 0 aliphatic rings. The Hall–Kier alpha value is -2.96. The minimum absolute atomic E-state index is 0.166. The van der Waals surface area contributed by atoms with E-state index in [1.807, 2.05) is 0 Å². The van der Waals surface area contributed by atoms with Crippen LogP contribution in [0.3, 0.4) is 0 Å². The standard InChI is InChI=1S/C13H10N4O3/c18-12-10-4-2-1-3-9(10)11(16-17-12)13(19)14-7-8-5-6-15-20-8/h1-6H,7H2,(H,14,19)(H,17,18). The van der Waals surface area contributed by atoms with Gasteiger partial charge in [0.25, 0.3) is 11.5 Å². The van der Waals surface area contributed by atoms with Gasteiger partial charge < -0.3 is 9.84 Å². The highest BCUT2D eigenvalue weighted by Crippen LogP contribution is 2.12. The number of amides is 1. The van der Waals surface area contributed by atoms with E-state index >= 15 is 0 Å². The zero-order chi connectivity index (χ0) is 13.9. The Bertz CT molecular complexity index is 808. The van der Waals surface area contributed by atoms with E-state index in [4.69, 9.17) is 4.52 Å². The van der Waals surface area contributed by atoms with E-state index in [0.717, 1.165) is 0 Å². The van der Waals surface area contributed by atoms with Gasteiger partial charge in [0.2, 0.25) is 0 Å². The first-order valence-corrected chi connectivity index (χ1v) is 5.91. The van der Waals surface area contributed by atoms with Gasteiger partial charge in [-0.2, -0.15) is 5.10 Å². The Kier molecular flexibility index (Phi) is 3.00. The van der Waals surface area contributed by atoms with Crippen LogP contribution in [-0.4, -0.2) is 21.3 Å². The maximum absolute atomic E-state index is 12.1. The molecule has 0 saturated heterocycles. The minimum atomic E-state index is -0.395. The Morgan fingerprint density at radius 1 is 1.25 bits per heavy atom. The van der Waals surface area contributed by atoms with Crippen LogP contribution in [0.5, 0.6) is 0 Å². The molecule has 0 bridgehead atoms. The van der Waals surface area contributed by atoms with Gasteiger partial charge in [0.15, 0.2) is 11.5 Å². The highest BCUT2D eigenvalue weighted by atomic mass is 16.5. The molecule has 2 N–H and O–H groups in total. The van der Waals surface area contributed by atoms with Crippen molar-refractivity contribution >= 4 is 16.7 Å². The number of benzene rings is 1. The highest BCUT2D eigenvalue weighted by molar-refractivity contribution is 6.04. The second-order valence-electron chi connectivity index (χ2n) is 4.11. The lowest BCUT2D eigenvalue weighted by Gasteiger charge is -2.04. The molecule has 1 aromatic carbocycles. The summed E-state index contributed by atoms with van der Waals surface area (Å²) in [6.45, 7) is 0.202. The first-order valence-electron chi connectivity index (χ1n) is 5.91. The Morgan fingerprint density at radius 2 is 2.05 bits per heavy atom. The predicted molar refractivity (Wildman–Crippen MR) is 70.0 cm³/mol. The van der Waals surface area contributed by atoms with Crippen LogP contribution in [0.2, 0.25) is 0 Å². The number of aromatic amines is 1. The number of H-pyrrole nitrogens is 1. The second-order valence-corrected chi connectivity index (χ2v) is 4.11. The molecule has 3 rings (SSSR count). The molecule has 100 valence electrons. The van der Waals surface area contributed by atoms with Crippen molar-refractivity contribution in [3.63, 3.8) is 0 Å². The van der Waals surface area contributed by atoms with Crippen molar-refractivity contribution in [1.29, 1.82) is 0 Å². The quantitative estimate of drug-likeness (QED) is 0.734. The van der Waals surface area contributed by atoms with Gasteiger partial charge in [0.05, 0.1) is 18.1 Å². The SMILES string of the molecule is O=C(NCc1ccno1)c1n[nH]c(=O)c2ccccc12. The van der Waals surface area contributed by atoms with Crippen molar-refractivity contribution in [1.82, 2.24) is 20.7 Å². The summed E-state index contributed by atoms with van der Waals surface area (Å²) in [5.74, 6) is 0.140. The second kappa shape index (κ2) is 4.96. The monoisotopic (exact) mass is 270 g/mol. The molecule has 1 amide bonds. The molecule has 20 heavy (non-hydrogen) atoms. The van der Waals surface area contributed by atoms with Crippen LogP contribution in [0.15, 0.2) is 45.8 Å². The molecule has 7 nitrogen and oxygen atoms in total. The topological polar surface area (TPSA) is 101 Å². The number of hydrogen-bond acceptors (Lipinski definition) is 5. The minimum Gasteiger partial charge on any atom is -0.360 e. The molecule has 0 atom stereocenters. The zero-order valence-electron chi connectivity index (χ0n) is 10.3. The largest absolute Gasteiger partial charge is 0.360 e. The number of carbonyl (C=O) groups is 1. The van der Waals surface area contributed by atoms with Gasteiger partial charge in [-0.1, -0.05) is 23.4 Å². The maximum Gasteiger partial charge on any atom is 0.272 e. The number of nitrogens with one attached hydrogen (secondary N) is 2. The van der Waals surface area contributed by atoms with E-state index in [2.05, 4.69) is 20.7 Å². The fourth-order valence-electron chi connectivity index (χ4n) is 1.87. The maximum atomic E-state index is 12.1. The Morgan fingerprint density at radius 3 is 2.80 bits per heavy atom. The summed E-state index contributed by atoms with van der Waals surface area (Å²) >= 11 is 0. The third-order valence-corrected chi connectivity index (χ3v) is 2.83. The molecule has 0 fully saturated rings. The third-order valence-electron chi connectivity index (χ3n) is 2.83. The summed E-state index contributed by atoms with van der Waals surface area (Å²) in [5, 5.41) is 13.3. The molecular formula is C13H10N4O3. The molecule has 2 aromatic heterocycles. The van der Waals surface area contributed by atoms with Crippen molar-refractivity contribution in [2.75, 3.05) is 0 Å². The van der Waals surface area contributed by atoms with Crippen LogP contribution in [0.1, 0.15) is 16.2 Å². The fourth-order valence-corrected chi connectivity index (χ4v) is 1.87. The zero-order valence-corrected chi connectivity index (χ0v) is 10.3. The smallest absolute Gasteiger partial charge is 0.272 e. The molecule has 0 unspecified atom stereocenters. The lowest BCUT2D eigenvalue weighted by molar-refractivity contribution is 0.0943. The van der Waals surface area contributed by atoms with Crippen LogP contribution < -0.4 is 10.9 Å². The lowest BCUT2D eigenvalue weighted by Crippen LogP contribution is -2.26. The molecule has 0 radical (unpaired) electrons. The number of aromatic nitrogens is 3. The van der Waals surface area contributed by atoms with E-state index in [-0.39, 0.29) is 17.8 Å². The number of nitrogens with zero attached hydrogens (tertiary/aromatic N) is 2. The van der Waals surface area contributed by atoms with Gasteiger partial charge in [-0.15, -0.1) is 0 Å². The van der Waals surface area contributed by atoms with Crippen LogP contribution >= 0.6 is 0 Å². The van der Waals surface area contributed by atoms with E-state index in [9.17, 15) is 9.59 Å². The number of fused-ring (bicyclic) bond motifs is 1. The fraction of sp³-hybridized carbons (Fsp3) is 0.0769. The summed E-state index contributed by atoms with van der Waals surface area (Å²) in [6.07, 6.45) is 1.50. The van der Waals surface area contributed by atoms with Gasteiger partial charge in [-0.3, -0.25) is 9.59 Å². The molecule has 2 heterocycles. The van der Waals surface area contributed by atoms with Gasteiger partial charge in [-0.05, 0) is 6.07 Å². The van der Waals surface area contributed by atoms with Crippen LogP contribution in [0, 0.1) is 0 Å². The summed E-state index contributed by atoms with van der Waals surface area (Å²) in [5.41, 5.74) is -0.160. The van der Waals surface area contributed by atoms with Crippen molar-refractivity contribution < 1.29 is 9.32 Å². The van der Waals surface area contributed by atoms with Crippen LogP contribution in [0.4, 0.5) is 0 Å². The lowest BCUT2D eigenvalue weighted by atomic mass is 10.1. The third kappa shape index (κ3) is 2.16. The average molecular weight is 270 g/mol. The van der Waals surface area contributed by atoms with E-state index in [0.29, 0.717) is 16.5 Å². The number of rotatable bonds is 3. The first kappa shape index (κ1) is 12.1. The summed E-state index contributed by atoms with van der Waals surface area (Å²) in [6, 6.07) is 8.45. The van der Waals surface area contributed by atoms with Crippen LogP contribution in [0.25, 0.3) is 10.8 Å². The Balaban J connectivity index is 1.92. The number of hydrogen-bond donors (Lipinski definition) is 2. The molecular weight excluding hydrogens is 260 g/mol. The first-order chi connectivity index (χ1) is 9.75. The molecule has 0 aliphatic carbocycles. The van der Waals surface area contributed by atoms with Gasteiger partial charge >= 0.3 is 0 Å². The van der Waals surface area contributed by atoms with Gasteiger partial charge in [0, 0.05) is 11.5 Å². The molecule has 7 heteroatoms. The van der Waals surface area contributed by atoms with E-state index < -0.39 is 5.91 Å². The average Bonchev–Trinajstić information content (AvgIpc) is 2.99. The van der Waals surface area contributed by atoms with E-state index in [1.165, 1.54) is 6.20 Å².